The monoisotopic (exact) mass is 267 g/mol. The van der Waals surface area contributed by atoms with Gasteiger partial charge in [-0.05, 0) is 39.0 Å². The fourth-order valence-electron chi connectivity index (χ4n) is 4.13. The molecule has 0 heterocycles. The van der Waals surface area contributed by atoms with E-state index in [1.807, 2.05) is 0 Å². The van der Waals surface area contributed by atoms with Gasteiger partial charge in [0.1, 0.15) is 0 Å². The Morgan fingerprint density at radius 1 is 1.16 bits per heavy atom. The van der Waals surface area contributed by atoms with E-state index in [0.717, 1.165) is 12.5 Å². The number of ether oxygens (including phenoxy) is 1. The van der Waals surface area contributed by atoms with Crippen LogP contribution in [-0.2, 0) is 4.74 Å². The van der Waals surface area contributed by atoms with Gasteiger partial charge in [-0.1, -0.05) is 39.5 Å². The van der Waals surface area contributed by atoms with E-state index in [9.17, 15) is 0 Å². The second-order valence-electron chi connectivity index (χ2n) is 6.87. The van der Waals surface area contributed by atoms with Gasteiger partial charge in [-0.2, -0.15) is 0 Å². The summed E-state index contributed by atoms with van der Waals surface area (Å²) in [7, 11) is 0. The average molecular weight is 267 g/mol. The summed E-state index contributed by atoms with van der Waals surface area (Å²) in [5, 5.41) is 3.94. The Hall–Kier alpha value is -0.0800. The van der Waals surface area contributed by atoms with Crippen LogP contribution in [0.15, 0.2) is 0 Å². The minimum atomic E-state index is 0.468. The molecule has 4 unspecified atom stereocenters. The van der Waals surface area contributed by atoms with Gasteiger partial charge >= 0.3 is 0 Å². The first-order chi connectivity index (χ1) is 9.14. The molecule has 2 aliphatic rings. The van der Waals surface area contributed by atoms with Gasteiger partial charge in [0.2, 0.25) is 0 Å². The van der Waals surface area contributed by atoms with Gasteiger partial charge in [0, 0.05) is 24.1 Å². The molecule has 2 saturated carbocycles. The lowest BCUT2D eigenvalue weighted by Crippen LogP contribution is -2.66. The fraction of sp³-hybridized carbons (Fsp3) is 1.00. The molecule has 0 aliphatic heterocycles. The van der Waals surface area contributed by atoms with Gasteiger partial charge in [0.25, 0.3) is 0 Å². The van der Waals surface area contributed by atoms with Gasteiger partial charge in [-0.3, -0.25) is 0 Å². The number of hydrogen-bond acceptors (Lipinski definition) is 2. The van der Waals surface area contributed by atoms with E-state index < -0.39 is 0 Å². The predicted octanol–water partition coefficient (Wildman–Crippen LogP) is 4.14. The van der Waals surface area contributed by atoms with Crippen LogP contribution in [0.25, 0.3) is 0 Å². The maximum absolute atomic E-state index is 6.03. The number of nitrogens with one attached hydrogen (secondary N) is 1. The largest absolute Gasteiger partial charge is 0.378 e. The van der Waals surface area contributed by atoms with Crippen molar-refractivity contribution < 1.29 is 4.74 Å². The van der Waals surface area contributed by atoms with E-state index in [4.69, 9.17) is 4.74 Å². The first kappa shape index (κ1) is 15.3. The second kappa shape index (κ2) is 6.58. The Bertz CT molecular complexity index is 272. The van der Waals surface area contributed by atoms with Crippen molar-refractivity contribution in [3.8, 4) is 0 Å². The Balaban J connectivity index is 1.97. The molecule has 112 valence electrons. The average Bonchev–Trinajstić information content (AvgIpc) is 2.46. The molecule has 2 fully saturated rings. The van der Waals surface area contributed by atoms with Gasteiger partial charge in [-0.15, -0.1) is 0 Å². The summed E-state index contributed by atoms with van der Waals surface area (Å²) in [5.74, 6) is 0.770. The van der Waals surface area contributed by atoms with Crippen LogP contribution >= 0.6 is 0 Å². The smallest absolute Gasteiger partial charge is 0.0661 e. The zero-order chi connectivity index (χ0) is 13.9. The van der Waals surface area contributed by atoms with E-state index in [0.29, 0.717) is 23.6 Å². The molecule has 0 saturated heterocycles. The van der Waals surface area contributed by atoms with Crippen LogP contribution in [0.4, 0.5) is 0 Å². The molecular formula is C17H33NO. The number of hydrogen-bond donors (Lipinski definition) is 1. The topological polar surface area (TPSA) is 21.3 Å². The summed E-state index contributed by atoms with van der Waals surface area (Å²) in [6, 6.07) is 1.34. The van der Waals surface area contributed by atoms with Gasteiger partial charge in [0.05, 0.1) is 6.10 Å². The zero-order valence-electron chi connectivity index (χ0n) is 13.4. The van der Waals surface area contributed by atoms with E-state index >= 15 is 0 Å². The molecular weight excluding hydrogens is 234 g/mol. The number of rotatable bonds is 6. The molecule has 1 N–H and O–H groups in total. The van der Waals surface area contributed by atoms with Gasteiger partial charge in [0.15, 0.2) is 0 Å². The second-order valence-corrected chi connectivity index (χ2v) is 6.87. The quantitative estimate of drug-likeness (QED) is 0.781. The highest BCUT2D eigenvalue weighted by molar-refractivity contribution is 5.09. The molecule has 0 aromatic heterocycles. The Morgan fingerprint density at radius 2 is 1.84 bits per heavy atom. The van der Waals surface area contributed by atoms with Crippen molar-refractivity contribution in [2.45, 2.75) is 90.8 Å². The Labute approximate surface area is 119 Å². The van der Waals surface area contributed by atoms with Crippen LogP contribution in [0.1, 0.15) is 72.6 Å². The maximum atomic E-state index is 6.03. The molecule has 2 aliphatic carbocycles. The zero-order valence-corrected chi connectivity index (χ0v) is 13.4. The van der Waals surface area contributed by atoms with Crippen molar-refractivity contribution in [3.05, 3.63) is 0 Å². The first-order valence-corrected chi connectivity index (χ1v) is 8.51. The Kier molecular flexibility index (Phi) is 5.30. The fourth-order valence-corrected chi connectivity index (χ4v) is 4.13. The highest BCUT2D eigenvalue weighted by Crippen LogP contribution is 2.53. The molecule has 2 rings (SSSR count). The van der Waals surface area contributed by atoms with Crippen LogP contribution in [0.5, 0.6) is 0 Å². The minimum absolute atomic E-state index is 0.468. The summed E-state index contributed by atoms with van der Waals surface area (Å²) in [6.45, 7) is 10.0. The van der Waals surface area contributed by atoms with Crippen LogP contribution < -0.4 is 5.32 Å². The lowest BCUT2D eigenvalue weighted by atomic mass is 9.55. The van der Waals surface area contributed by atoms with Crippen LogP contribution in [-0.4, -0.2) is 24.8 Å². The molecule has 19 heavy (non-hydrogen) atoms. The molecule has 0 amide bonds. The SMILES string of the molecule is CCOC1CC(NC(C)C(C)CC)C12CCCCC2. The highest BCUT2D eigenvalue weighted by atomic mass is 16.5. The molecule has 0 aromatic rings. The van der Waals surface area contributed by atoms with Crippen LogP contribution in [0, 0.1) is 11.3 Å². The molecule has 1 spiro atoms. The highest BCUT2D eigenvalue weighted by Gasteiger charge is 2.55. The first-order valence-electron chi connectivity index (χ1n) is 8.51. The van der Waals surface area contributed by atoms with E-state index in [1.165, 1.54) is 44.9 Å². The standard InChI is InChI=1S/C17H33NO/c1-5-13(3)14(4)18-15-12-16(19-6-2)17(15)10-8-7-9-11-17/h13-16,18H,5-12H2,1-4H3. The van der Waals surface area contributed by atoms with E-state index in [-0.39, 0.29) is 0 Å². The van der Waals surface area contributed by atoms with Crippen molar-refractivity contribution in [2.24, 2.45) is 11.3 Å². The summed E-state index contributed by atoms with van der Waals surface area (Å²) in [6.07, 6.45) is 10.0. The lowest BCUT2D eigenvalue weighted by Gasteiger charge is -2.58. The summed E-state index contributed by atoms with van der Waals surface area (Å²) < 4.78 is 6.03. The predicted molar refractivity (Wildman–Crippen MR) is 81.4 cm³/mol. The Morgan fingerprint density at radius 3 is 2.42 bits per heavy atom. The lowest BCUT2D eigenvalue weighted by molar-refractivity contribution is -0.152. The van der Waals surface area contributed by atoms with Gasteiger partial charge in [-0.25, -0.2) is 0 Å². The third-order valence-corrected chi connectivity index (χ3v) is 5.90. The van der Waals surface area contributed by atoms with Crippen molar-refractivity contribution >= 4 is 0 Å². The van der Waals surface area contributed by atoms with Crippen LogP contribution in [0.2, 0.25) is 0 Å². The normalized spacial score (nSPS) is 32.8. The third kappa shape index (κ3) is 3.00. The summed E-state index contributed by atoms with van der Waals surface area (Å²) in [5.41, 5.74) is 0.468. The summed E-state index contributed by atoms with van der Waals surface area (Å²) in [4.78, 5) is 0. The van der Waals surface area contributed by atoms with Crippen molar-refractivity contribution in [1.29, 1.82) is 0 Å². The summed E-state index contributed by atoms with van der Waals surface area (Å²) >= 11 is 0. The minimum Gasteiger partial charge on any atom is -0.378 e. The molecule has 2 heteroatoms. The third-order valence-electron chi connectivity index (χ3n) is 5.90. The maximum Gasteiger partial charge on any atom is 0.0661 e. The molecule has 2 nitrogen and oxygen atoms in total. The van der Waals surface area contributed by atoms with Crippen molar-refractivity contribution in [3.63, 3.8) is 0 Å². The van der Waals surface area contributed by atoms with Crippen molar-refractivity contribution in [1.82, 2.24) is 5.32 Å². The molecule has 0 aromatic carbocycles. The molecule has 4 atom stereocenters. The van der Waals surface area contributed by atoms with Crippen molar-refractivity contribution in [2.75, 3.05) is 6.61 Å². The van der Waals surface area contributed by atoms with Gasteiger partial charge < -0.3 is 10.1 Å². The van der Waals surface area contributed by atoms with E-state index in [2.05, 4.69) is 33.0 Å². The van der Waals surface area contributed by atoms with Crippen LogP contribution in [0.3, 0.4) is 0 Å². The van der Waals surface area contributed by atoms with E-state index in [1.54, 1.807) is 0 Å². The molecule has 0 bridgehead atoms. The molecule has 0 radical (unpaired) electrons.